The molecule has 344 valence electrons. The van der Waals surface area contributed by atoms with Crippen molar-refractivity contribution >= 4 is 23.9 Å². The van der Waals surface area contributed by atoms with E-state index >= 15 is 0 Å². The lowest BCUT2D eigenvalue weighted by atomic mass is 9.75. The second-order valence-corrected chi connectivity index (χ2v) is 24.5. The summed E-state index contributed by atoms with van der Waals surface area (Å²) in [5.41, 5.74) is -4.32. The summed E-state index contributed by atoms with van der Waals surface area (Å²) >= 11 is 0. The van der Waals surface area contributed by atoms with Gasteiger partial charge in [-0.15, -0.1) is 0 Å². The van der Waals surface area contributed by atoms with Gasteiger partial charge in [0.2, 0.25) is 0 Å². The molecular weight excluding hydrogens is 769 g/mol. The number of rotatable bonds is 8. The lowest BCUT2D eigenvalue weighted by molar-refractivity contribution is -0.256. The molecule has 0 radical (unpaired) electrons. The number of ether oxygens (including phenoxy) is 4. The molecule has 4 heterocycles. The van der Waals surface area contributed by atoms with Crippen LogP contribution in [0.25, 0.3) is 0 Å². The van der Waals surface area contributed by atoms with Crippen molar-refractivity contribution in [1.82, 2.24) is 20.8 Å². The second-order valence-electron chi connectivity index (χ2n) is 24.5. The van der Waals surface area contributed by atoms with Crippen molar-refractivity contribution in [1.29, 1.82) is 0 Å². The Morgan fingerprint density at radius 1 is 0.417 bits per heavy atom. The maximum Gasteiger partial charge on any atom is 0.309 e. The van der Waals surface area contributed by atoms with Crippen molar-refractivity contribution in [3.63, 3.8) is 0 Å². The summed E-state index contributed by atoms with van der Waals surface area (Å²) in [5, 5.41) is 31.9. The van der Waals surface area contributed by atoms with Crippen molar-refractivity contribution in [2.24, 2.45) is 23.7 Å². The Kier molecular flexibility index (Phi) is 13.2. The molecule has 0 amide bonds. The van der Waals surface area contributed by atoms with E-state index in [4.69, 9.17) is 18.9 Å². The van der Waals surface area contributed by atoms with Gasteiger partial charge in [-0.2, -0.15) is 10.1 Å². The first-order valence-electron chi connectivity index (χ1n) is 22.4. The molecule has 0 spiro atoms. The van der Waals surface area contributed by atoms with E-state index in [1.165, 1.54) is 10.1 Å². The van der Waals surface area contributed by atoms with E-state index in [2.05, 4.69) is 66.0 Å². The van der Waals surface area contributed by atoms with Crippen LogP contribution in [0.4, 0.5) is 0 Å². The largest absolute Gasteiger partial charge is 0.462 e. The maximum absolute atomic E-state index is 14.4. The van der Waals surface area contributed by atoms with Gasteiger partial charge in [0.05, 0.1) is 23.7 Å². The van der Waals surface area contributed by atoms with E-state index in [1.54, 1.807) is 0 Å². The number of nitrogens with one attached hydrogen (secondary N) is 2. The molecular formula is C46H80N4O10. The van der Waals surface area contributed by atoms with Gasteiger partial charge in [0.25, 0.3) is 0 Å². The molecule has 0 aromatic rings. The highest BCUT2D eigenvalue weighted by Crippen LogP contribution is 2.44. The number of hydrogen-bond donors (Lipinski definition) is 4. The fourth-order valence-electron chi connectivity index (χ4n) is 12.4. The molecule has 0 aromatic carbocycles. The Morgan fingerprint density at radius 3 is 0.967 bits per heavy atom. The first-order chi connectivity index (χ1) is 27.0. The maximum atomic E-state index is 14.4. The van der Waals surface area contributed by atoms with E-state index in [1.807, 2.05) is 55.4 Å². The van der Waals surface area contributed by atoms with E-state index in [0.29, 0.717) is 51.4 Å². The average molecular weight is 849 g/mol. The topological polar surface area (TPSA) is 176 Å². The number of hydroxylamine groups is 4. The van der Waals surface area contributed by atoms with Crippen LogP contribution in [0.3, 0.4) is 0 Å². The number of carbonyl (C=O) groups excluding carboxylic acids is 4. The molecule has 1 aliphatic carbocycles. The van der Waals surface area contributed by atoms with Crippen LogP contribution in [0, 0.1) is 23.7 Å². The number of piperidine rings is 4. The molecule has 4 unspecified atom stereocenters. The summed E-state index contributed by atoms with van der Waals surface area (Å²) in [5.74, 6) is -3.96. The molecule has 4 atom stereocenters. The zero-order chi connectivity index (χ0) is 45.4. The highest BCUT2D eigenvalue weighted by Gasteiger charge is 2.54. The van der Waals surface area contributed by atoms with Gasteiger partial charge in [-0.3, -0.25) is 19.2 Å². The van der Waals surface area contributed by atoms with Crippen LogP contribution in [0.2, 0.25) is 0 Å². The summed E-state index contributed by atoms with van der Waals surface area (Å²) in [6, 6.07) is 0. The van der Waals surface area contributed by atoms with Crippen molar-refractivity contribution < 1.29 is 48.5 Å². The third kappa shape index (κ3) is 11.2. The zero-order valence-electron chi connectivity index (χ0n) is 39.7. The first kappa shape index (κ1) is 48.7. The molecule has 4 N–H and O–H groups in total. The molecule has 14 nitrogen and oxygen atoms in total. The Hall–Kier alpha value is -2.36. The van der Waals surface area contributed by atoms with Crippen LogP contribution in [0.5, 0.6) is 0 Å². The molecule has 5 aliphatic rings. The third-order valence-corrected chi connectivity index (χ3v) is 13.8. The van der Waals surface area contributed by atoms with Crippen LogP contribution in [0.15, 0.2) is 0 Å². The fraction of sp³-hybridized carbons (Fsp3) is 0.913. The summed E-state index contributed by atoms with van der Waals surface area (Å²) in [4.78, 5) is 57.3. The van der Waals surface area contributed by atoms with E-state index in [9.17, 15) is 29.6 Å². The molecule has 14 heteroatoms. The van der Waals surface area contributed by atoms with Crippen LogP contribution >= 0.6 is 0 Å². The van der Waals surface area contributed by atoms with Crippen LogP contribution in [-0.2, 0) is 38.1 Å². The Labute approximate surface area is 359 Å². The Bertz CT molecular complexity index is 1570. The molecule has 4 saturated heterocycles. The lowest BCUT2D eigenvalue weighted by Crippen LogP contribution is -2.61. The third-order valence-electron chi connectivity index (χ3n) is 13.8. The van der Waals surface area contributed by atoms with Crippen LogP contribution < -0.4 is 10.6 Å². The minimum atomic E-state index is -1.20. The van der Waals surface area contributed by atoms with Gasteiger partial charge < -0.3 is 40.0 Å². The van der Waals surface area contributed by atoms with Crippen LogP contribution in [0.1, 0.15) is 175 Å². The minimum absolute atomic E-state index is 0.0341. The highest BCUT2D eigenvalue weighted by molar-refractivity contribution is 5.76. The first-order valence-corrected chi connectivity index (χ1v) is 22.4. The predicted molar refractivity (Wildman–Crippen MR) is 226 cm³/mol. The quantitative estimate of drug-likeness (QED) is 0.147. The SMILES string of the molecule is CC1(C)CC(C(=O)OC2CC(OC(=O)C3CC(C)(C)NC(C)(C)C3)C(OC(=O)C3CC(C)(C)N(O)C(C)(C)C3)C(OC(=O)C3CC(C)(C)N(O)C(C)(C)C3)C2)CC(C)(C)N1. The summed E-state index contributed by atoms with van der Waals surface area (Å²) in [7, 11) is 0. The smallest absolute Gasteiger partial charge is 0.309 e. The molecule has 4 aliphatic heterocycles. The summed E-state index contributed by atoms with van der Waals surface area (Å²) in [6.07, 6.45) is -0.747. The van der Waals surface area contributed by atoms with E-state index in [-0.39, 0.29) is 41.0 Å². The van der Waals surface area contributed by atoms with Crippen molar-refractivity contribution in [3.8, 4) is 0 Å². The molecule has 0 aromatic heterocycles. The molecule has 5 rings (SSSR count). The van der Waals surface area contributed by atoms with Gasteiger partial charge in [-0.1, -0.05) is 0 Å². The highest BCUT2D eigenvalue weighted by atomic mass is 16.6. The Morgan fingerprint density at radius 2 is 0.667 bits per heavy atom. The van der Waals surface area contributed by atoms with Gasteiger partial charge in [0.15, 0.2) is 6.10 Å². The number of esters is 4. The summed E-state index contributed by atoms with van der Waals surface area (Å²) in [6.45, 7) is 31.5. The van der Waals surface area contributed by atoms with Gasteiger partial charge >= 0.3 is 23.9 Å². The molecule has 1 saturated carbocycles. The normalized spacial score (nSPS) is 33.0. The molecule has 5 fully saturated rings. The monoisotopic (exact) mass is 849 g/mol. The predicted octanol–water partition coefficient (Wildman–Crippen LogP) is 6.86. The number of hydrogen-bond acceptors (Lipinski definition) is 14. The van der Waals surface area contributed by atoms with Gasteiger partial charge in [-0.25, -0.2) is 0 Å². The van der Waals surface area contributed by atoms with Gasteiger partial charge in [-0.05, 0) is 162 Å². The lowest BCUT2D eigenvalue weighted by Gasteiger charge is -2.51. The summed E-state index contributed by atoms with van der Waals surface area (Å²) < 4.78 is 25.7. The van der Waals surface area contributed by atoms with Crippen molar-refractivity contribution in [3.05, 3.63) is 0 Å². The van der Waals surface area contributed by atoms with Crippen molar-refractivity contribution in [2.75, 3.05) is 0 Å². The standard InChI is InChI=1S/C46H80N4O10/c1-39(2)19-27(20-40(3,4)47-39)35(51)57-31-17-32(58-36(52)28-21-41(5,6)48-42(7,8)22-28)34(60-38(54)30-25-45(13,14)50(56)46(15,16)26-30)33(18-31)59-37(53)29-23-43(9,10)49(55)44(11,12)24-29/h27-34,47-48,55-56H,17-26H2,1-16H3. The Balaban J connectivity index is 1.50. The van der Waals surface area contributed by atoms with E-state index in [0.717, 1.165) is 0 Å². The van der Waals surface area contributed by atoms with Gasteiger partial charge in [0.1, 0.15) is 18.3 Å². The minimum Gasteiger partial charge on any atom is -0.462 e. The number of nitrogens with zero attached hydrogens (tertiary/aromatic N) is 2. The van der Waals surface area contributed by atoms with Gasteiger partial charge in [0, 0.05) is 57.2 Å². The number of carbonyl (C=O) groups is 4. The second kappa shape index (κ2) is 16.3. The van der Waals surface area contributed by atoms with Crippen LogP contribution in [-0.4, -0.2) is 113 Å². The zero-order valence-corrected chi connectivity index (χ0v) is 39.7. The average Bonchev–Trinajstić information content (AvgIpc) is 3.04. The van der Waals surface area contributed by atoms with E-state index < -0.39 is 88.2 Å². The molecule has 60 heavy (non-hydrogen) atoms. The molecule has 0 bridgehead atoms. The fourth-order valence-corrected chi connectivity index (χ4v) is 12.4. The van der Waals surface area contributed by atoms with Crippen molar-refractivity contribution in [2.45, 2.75) is 244 Å².